The number of morpholine rings is 1. The smallest absolute Gasteiger partial charge is 0.0594 e. The van der Waals surface area contributed by atoms with E-state index in [4.69, 9.17) is 10.5 Å². The molecule has 1 aliphatic heterocycles. The molecule has 1 atom stereocenters. The zero-order chi connectivity index (χ0) is 8.39. The van der Waals surface area contributed by atoms with Crippen molar-refractivity contribution in [3.05, 3.63) is 0 Å². The Hall–Kier alpha value is -0.120. The van der Waals surface area contributed by atoms with Gasteiger partial charge in [0.05, 0.1) is 13.2 Å². The molecule has 0 aromatic rings. The molecule has 0 spiro atoms. The molecular weight excluding hydrogens is 152 g/mol. The standard InChI is InChI=1S/C9H18N2O/c10-9(8-1-2-8)7-11-3-5-12-6-4-11/h8-9H,1-7,10H2/t9-/m0/s1. The Morgan fingerprint density at radius 3 is 2.58 bits per heavy atom. The van der Waals surface area contributed by atoms with Crippen LogP contribution in [0.1, 0.15) is 12.8 Å². The van der Waals surface area contributed by atoms with Gasteiger partial charge in [-0.15, -0.1) is 0 Å². The Morgan fingerprint density at radius 2 is 2.00 bits per heavy atom. The van der Waals surface area contributed by atoms with Crippen LogP contribution in [0.25, 0.3) is 0 Å². The summed E-state index contributed by atoms with van der Waals surface area (Å²) in [5.74, 6) is 0.827. The maximum Gasteiger partial charge on any atom is 0.0594 e. The first-order chi connectivity index (χ1) is 5.86. The second-order valence-electron chi connectivity index (χ2n) is 3.91. The van der Waals surface area contributed by atoms with E-state index in [9.17, 15) is 0 Å². The third kappa shape index (κ3) is 2.19. The van der Waals surface area contributed by atoms with Crippen molar-refractivity contribution in [1.82, 2.24) is 4.90 Å². The van der Waals surface area contributed by atoms with E-state index in [-0.39, 0.29) is 0 Å². The van der Waals surface area contributed by atoms with Gasteiger partial charge in [-0.25, -0.2) is 0 Å². The lowest BCUT2D eigenvalue weighted by atomic mass is 10.2. The van der Waals surface area contributed by atoms with Gasteiger partial charge in [0.2, 0.25) is 0 Å². The molecule has 1 saturated heterocycles. The fourth-order valence-corrected chi connectivity index (χ4v) is 1.76. The van der Waals surface area contributed by atoms with E-state index in [0.717, 1.165) is 38.8 Å². The second-order valence-corrected chi connectivity index (χ2v) is 3.91. The lowest BCUT2D eigenvalue weighted by molar-refractivity contribution is 0.0344. The van der Waals surface area contributed by atoms with E-state index in [1.807, 2.05) is 0 Å². The SMILES string of the molecule is N[C@@H](CN1CCOCC1)C1CC1. The van der Waals surface area contributed by atoms with Gasteiger partial charge in [-0.05, 0) is 18.8 Å². The van der Waals surface area contributed by atoms with Crippen molar-refractivity contribution in [2.45, 2.75) is 18.9 Å². The summed E-state index contributed by atoms with van der Waals surface area (Å²) in [5, 5.41) is 0. The van der Waals surface area contributed by atoms with Crippen molar-refractivity contribution in [2.24, 2.45) is 11.7 Å². The number of nitrogens with two attached hydrogens (primary N) is 1. The van der Waals surface area contributed by atoms with Crippen molar-refractivity contribution in [3.8, 4) is 0 Å². The van der Waals surface area contributed by atoms with Gasteiger partial charge in [0.1, 0.15) is 0 Å². The van der Waals surface area contributed by atoms with Gasteiger partial charge in [-0.3, -0.25) is 4.90 Å². The van der Waals surface area contributed by atoms with E-state index in [0.29, 0.717) is 6.04 Å². The van der Waals surface area contributed by atoms with Crippen molar-refractivity contribution < 1.29 is 4.74 Å². The maximum absolute atomic E-state index is 6.03. The van der Waals surface area contributed by atoms with E-state index >= 15 is 0 Å². The van der Waals surface area contributed by atoms with Crippen LogP contribution in [0.2, 0.25) is 0 Å². The summed E-state index contributed by atoms with van der Waals surface area (Å²) in [6.07, 6.45) is 2.71. The molecule has 0 aromatic heterocycles. The number of nitrogens with zero attached hydrogens (tertiary/aromatic N) is 1. The summed E-state index contributed by atoms with van der Waals surface area (Å²) in [6, 6.07) is 0.420. The topological polar surface area (TPSA) is 38.5 Å². The average molecular weight is 170 g/mol. The summed E-state index contributed by atoms with van der Waals surface area (Å²) in [4.78, 5) is 2.42. The lowest BCUT2D eigenvalue weighted by Gasteiger charge is -2.28. The number of rotatable bonds is 3. The highest BCUT2D eigenvalue weighted by Gasteiger charge is 2.29. The Morgan fingerprint density at radius 1 is 1.33 bits per heavy atom. The fraction of sp³-hybridized carbons (Fsp3) is 1.00. The largest absolute Gasteiger partial charge is 0.379 e. The summed E-state index contributed by atoms with van der Waals surface area (Å²) < 4.78 is 5.27. The molecular formula is C9H18N2O. The highest BCUT2D eigenvalue weighted by molar-refractivity contribution is 4.86. The first kappa shape index (κ1) is 8.48. The summed E-state index contributed by atoms with van der Waals surface area (Å²) in [5.41, 5.74) is 6.03. The normalized spacial score (nSPS) is 28.8. The van der Waals surface area contributed by atoms with Gasteiger partial charge in [0.25, 0.3) is 0 Å². The van der Waals surface area contributed by atoms with Crippen LogP contribution >= 0.6 is 0 Å². The molecule has 3 heteroatoms. The van der Waals surface area contributed by atoms with Crippen LogP contribution in [0.15, 0.2) is 0 Å². The van der Waals surface area contributed by atoms with Gasteiger partial charge < -0.3 is 10.5 Å². The molecule has 1 saturated carbocycles. The summed E-state index contributed by atoms with van der Waals surface area (Å²) >= 11 is 0. The Balaban J connectivity index is 1.69. The summed E-state index contributed by atoms with van der Waals surface area (Å²) in [6.45, 7) is 4.99. The molecule has 2 fully saturated rings. The first-order valence-electron chi connectivity index (χ1n) is 4.92. The number of ether oxygens (including phenoxy) is 1. The number of hydrogen-bond donors (Lipinski definition) is 1. The van der Waals surface area contributed by atoms with E-state index < -0.39 is 0 Å². The van der Waals surface area contributed by atoms with Crippen molar-refractivity contribution >= 4 is 0 Å². The number of hydrogen-bond acceptors (Lipinski definition) is 3. The molecule has 2 rings (SSSR count). The Labute approximate surface area is 73.9 Å². The first-order valence-corrected chi connectivity index (χ1v) is 4.92. The second kappa shape index (κ2) is 3.73. The molecule has 0 unspecified atom stereocenters. The quantitative estimate of drug-likeness (QED) is 0.650. The molecule has 2 N–H and O–H groups in total. The monoisotopic (exact) mass is 170 g/mol. The minimum Gasteiger partial charge on any atom is -0.379 e. The fourth-order valence-electron chi connectivity index (χ4n) is 1.76. The van der Waals surface area contributed by atoms with Crippen LogP contribution in [-0.2, 0) is 4.74 Å². The molecule has 0 aromatic carbocycles. The molecule has 12 heavy (non-hydrogen) atoms. The zero-order valence-electron chi connectivity index (χ0n) is 7.54. The molecule has 2 aliphatic rings. The molecule has 0 radical (unpaired) electrons. The molecule has 0 amide bonds. The molecule has 0 bridgehead atoms. The van der Waals surface area contributed by atoms with Crippen LogP contribution < -0.4 is 5.73 Å². The average Bonchev–Trinajstić information content (AvgIpc) is 2.88. The molecule has 3 nitrogen and oxygen atoms in total. The minimum atomic E-state index is 0.420. The highest BCUT2D eigenvalue weighted by Crippen LogP contribution is 2.31. The summed E-state index contributed by atoms with van der Waals surface area (Å²) in [7, 11) is 0. The van der Waals surface area contributed by atoms with Crippen LogP contribution in [0.3, 0.4) is 0 Å². The Bertz CT molecular complexity index is 141. The van der Waals surface area contributed by atoms with E-state index in [2.05, 4.69) is 4.90 Å². The highest BCUT2D eigenvalue weighted by atomic mass is 16.5. The van der Waals surface area contributed by atoms with Crippen LogP contribution in [0.5, 0.6) is 0 Å². The third-order valence-corrected chi connectivity index (χ3v) is 2.80. The van der Waals surface area contributed by atoms with Gasteiger partial charge in [-0.2, -0.15) is 0 Å². The molecule has 70 valence electrons. The van der Waals surface area contributed by atoms with Crippen LogP contribution in [-0.4, -0.2) is 43.8 Å². The molecule has 1 aliphatic carbocycles. The predicted octanol–water partition coefficient (Wildman–Crippen LogP) is 0.0559. The van der Waals surface area contributed by atoms with Crippen LogP contribution in [0.4, 0.5) is 0 Å². The van der Waals surface area contributed by atoms with Crippen LogP contribution in [0, 0.1) is 5.92 Å². The zero-order valence-corrected chi connectivity index (χ0v) is 7.54. The van der Waals surface area contributed by atoms with Gasteiger partial charge in [0, 0.05) is 25.7 Å². The van der Waals surface area contributed by atoms with Gasteiger partial charge in [-0.1, -0.05) is 0 Å². The van der Waals surface area contributed by atoms with Crippen molar-refractivity contribution in [2.75, 3.05) is 32.8 Å². The predicted molar refractivity (Wildman–Crippen MR) is 48.0 cm³/mol. The van der Waals surface area contributed by atoms with Gasteiger partial charge in [0.15, 0.2) is 0 Å². The van der Waals surface area contributed by atoms with E-state index in [1.165, 1.54) is 12.8 Å². The minimum absolute atomic E-state index is 0.420. The third-order valence-electron chi connectivity index (χ3n) is 2.80. The van der Waals surface area contributed by atoms with Gasteiger partial charge >= 0.3 is 0 Å². The Kier molecular flexibility index (Phi) is 2.63. The molecule has 1 heterocycles. The lowest BCUT2D eigenvalue weighted by Crippen LogP contribution is -2.44. The maximum atomic E-state index is 6.03. The van der Waals surface area contributed by atoms with Crippen molar-refractivity contribution in [1.29, 1.82) is 0 Å². The van der Waals surface area contributed by atoms with E-state index in [1.54, 1.807) is 0 Å². The van der Waals surface area contributed by atoms with Crippen molar-refractivity contribution in [3.63, 3.8) is 0 Å².